The van der Waals surface area contributed by atoms with Gasteiger partial charge in [0.05, 0.1) is 11.7 Å². The number of aromatic nitrogens is 2. The van der Waals surface area contributed by atoms with E-state index in [1.165, 1.54) is 40.0 Å². The molecular weight excluding hydrogens is 400 g/mol. The Kier molecular flexibility index (Phi) is 5.57. The van der Waals surface area contributed by atoms with Gasteiger partial charge in [-0.1, -0.05) is 6.42 Å². The van der Waals surface area contributed by atoms with Gasteiger partial charge >= 0.3 is 6.61 Å². The first-order valence-corrected chi connectivity index (χ1v) is 10.2. The lowest BCUT2D eigenvalue weighted by molar-refractivity contribution is -0.116. The lowest BCUT2D eigenvalue weighted by Gasteiger charge is -2.09. The molecule has 0 fully saturated rings. The molecule has 0 bridgehead atoms. The summed E-state index contributed by atoms with van der Waals surface area (Å²) >= 11 is 1.57. The third-order valence-corrected chi connectivity index (χ3v) is 6.07. The molecule has 6 nitrogen and oxygen atoms in total. The van der Waals surface area contributed by atoms with Gasteiger partial charge in [-0.05, 0) is 55.5 Å². The molecule has 1 aliphatic rings. The molecule has 1 aromatic carbocycles. The van der Waals surface area contributed by atoms with Crippen LogP contribution < -0.4 is 15.6 Å². The van der Waals surface area contributed by atoms with Crippen LogP contribution in [0.25, 0.3) is 10.2 Å². The highest BCUT2D eigenvalue weighted by Gasteiger charge is 2.19. The molecule has 152 valence electrons. The number of halogens is 2. The average molecular weight is 419 g/mol. The number of nitrogens with one attached hydrogen (secondary N) is 1. The van der Waals surface area contributed by atoms with Gasteiger partial charge in [0, 0.05) is 10.6 Å². The Morgan fingerprint density at radius 1 is 1.21 bits per heavy atom. The summed E-state index contributed by atoms with van der Waals surface area (Å²) in [5.74, 6) is -0.404. The fraction of sp³-hybridized carbons (Fsp3) is 0.350. The molecule has 0 atom stereocenters. The van der Waals surface area contributed by atoms with Gasteiger partial charge in [0.25, 0.3) is 5.56 Å². The van der Waals surface area contributed by atoms with Crippen LogP contribution in [0.5, 0.6) is 5.75 Å². The fourth-order valence-corrected chi connectivity index (χ4v) is 4.77. The van der Waals surface area contributed by atoms with E-state index in [1.807, 2.05) is 0 Å². The average Bonchev–Trinajstić information content (AvgIpc) is 2.87. The Morgan fingerprint density at radius 3 is 2.72 bits per heavy atom. The van der Waals surface area contributed by atoms with Crippen molar-refractivity contribution in [3.05, 3.63) is 51.4 Å². The van der Waals surface area contributed by atoms with E-state index in [-0.39, 0.29) is 17.9 Å². The number of hydrogen-bond donors (Lipinski definition) is 1. The van der Waals surface area contributed by atoms with Crippen LogP contribution in [0.2, 0.25) is 0 Å². The number of benzene rings is 1. The molecule has 1 N–H and O–H groups in total. The number of hydrogen-bond acceptors (Lipinski definition) is 5. The molecule has 3 aromatic rings. The molecule has 4 rings (SSSR count). The number of rotatable bonds is 5. The summed E-state index contributed by atoms with van der Waals surface area (Å²) in [7, 11) is 0. The van der Waals surface area contributed by atoms with Crippen LogP contribution in [0.15, 0.2) is 35.4 Å². The molecule has 0 spiro atoms. The number of aryl methyl sites for hydroxylation is 2. The predicted molar refractivity (Wildman–Crippen MR) is 107 cm³/mol. The van der Waals surface area contributed by atoms with Crippen LogP contribution >= 0.6 is 11.3 Å². The molecule has 29 heavy (non-hydrogen) atoms. The van der Waals surface area contributed by atoms with E-state index >= 15 is 0 Å². The number of nitrogens with zero attached hydrogens (tertiary/aromatic N) is 2. The minimum absolute atomic E-state index is 0.00187. The number of fused-ring (bicyclic) bond motifs is 3. The molecule has 2 heterocycles. The number of alkyl halides is 2. The van der Waals surface area contributed by atoms with Crippen molar-refractivity contribution in [1.29, 1.82) is 0 Å². The monoisotopic (exact) mass is 419 g/mol. The molecule has 1 aliphatic carbocycles. The van der Waals surface area contributed by atoms with Crippen molar-refractivity contribution in [2.45, 2.75) is 45.3 Å². The zero-order chi connectivity index (χ0) is 20.4. The third kappa shape index (κ3) is 4.29. The van der Waals surface area contributed by atoms with Crippen molar-refractivity contribution in [3.63, 3.8) is 0 Å². The Hall–Kier alpha value is -2.81. The number of carbonyl (C=O) groups excluding carboxylic acids is 1. The highest BCUT2D eigenvalue weighted by molar-refractivity contribution is 7.18. The zero-order valence-corrected chi connectivity index (χ0v) is 16.3. The van der Waals surface area contributed by atoms with E-state index in [1.54, 1.807) is 11.3 Å². The number of ether oxygens (including phenoxy) is 1. The van der Waals surface area contributed by atoms with Crippen LogP contribution in [0.3, 0.4) is 0 Å². The summed E-state index contributed by atoms with van der Waals surface area (Å²) in [6.45, 7) is -3.08. The van der Waals surface area contributed by atoms with E-state index in [4.69, 9.17) is 0 Å². The first kappa shape index (κ1) is 19.5. The number of anilines is 1. The zero-order valence-electron chi connectivity index (χ0n) is 15.5. The molecule has 2 aromatic heterocycles. The summed E-state index contributed by atoms with van der Waals surface area (Å²) in [5, 5.41) is 3.28. The number of carbonyl (C=O) groups is 1. The molecule has 1 amide bonds. The summed E-state index contributed by atoms with van der Waals surface area (Å²) in [6.07, 6.45) is 6.58. The number of amides is 1. The molecule has 0 unspecified atom stereocenters. The summed E-state index contributed by atoms with van der Waals surface area (Å²) in [4.78, 5) is 31.7. The van der Waals surface area contributed by atoms with Gasteiger partial charge in [-0.25, -0.2) is 4.98 Å². The Morgan fingerprint density at radius 2 is 1.97 bits per heavy atom. The SMILES string of the molecule is O=C(Cn1cnc2sc3c(c2c1=O)CCCCC3)Nc1ccc(OC(F)F)cc1. The van der Waals surface area contributed by atoms with Gasteiger partial charge in [-0.3, -0.25) is 14.2 Å². The summed E-state index contributed by atoms with van der Waals surface area (Å²) < 4.78 is 30.0. The molecular formula is C20H19F2N3O3S. The molecule has 0 aliphatic heterocycles. The topological polar surface area (TPSA) is 73.2 Å². The largest absolute Gasteiger partial charge is 0.435 e. The van der Waals surface area contributed by atoms with Gasteiger partial charge in [-0.2, -0.15) is 8.78 Å². The Labute approximate surface area is 169 Å². The van der Waals surface area contributed by atoms with Crippen molar-refractivity contribution in [2.75, 3.05) is 5.32 Å². The molecule has 0 radical (unpaired) electrons. The van der Waals surface area contributed by atoms with Gasteiger partial charge in [0.15, 0.2) is 0 Å². The van der Waals surface area contributed by atoms with Crippen LogP contribution in [-0.4, -0.2) is 22.1 Å². The van der Waals surface area contributed by atoms with Crippen molar-refractivity contribution in [3.8, 4) is 5.75 Å². The maximum absolute atomic E-state index is 13.0. The first-order valence-electron chi connectivity index (χ1n) is 9.35. The third-order valence-electron chi connectivity index (χ3n) is 4.87. The molecule has 0 saturated heterocycles. The second kappa shape index (κ2) is 8.28. The Bertz CT molecular complexity index is 1090. The summed E-state index contributed by atoms with van der Waals surface area (Å²) in [6, 6.07) is 5.58. The smallest absolute Gasteiger partial charge is 0.387 e. The van der Waals surface area contributed by atoms with Crippen molar-refractivity contribution < 1.29 is 18.3 Å². The van der Waals surface area contributed by atoms with Crippen molar-refractivity contribution in [2.24, 2.45) is 0 Å². The van der Waals surface area contributed by atoms with Crippen LogP contribution in [-0.2, 0) is 24.2 Å². The number of thiophene rings is 1. The maximum atomic E-state index is 13.0. The minimum atomic E-state index is -2.91. The standard InChI is InChI=1S/C20H19F2N3O3S/c21-20(22)28-13-8-6-12(7-9-13)24-16(26)10-25-11-23-18-17(19(25)27)14-4-2-1-3-5-15(14)29-18/h6-9,11,20H,1-5,10H2,(H,24,26). The second-order valence-corrected chi connectivity index (χ2v) is 7.96. The van der Waals surface area contributed by atoms with E-state index in [9.17, 15) is 18.4 Å². The van der Waals surface area contributed by atoms with E-state index in [0.29, 0.717) is 11.1 Å². The maximum Gasteiger partial charge on any atom is 0.387 e. The van der Waals surface area contributed by atoms with E-state index < -0.39 is 12.5 Å². The first-order chi connectivity index (χ1) is 14.0. The molecule has 0 saturated carbocycles. The second-order valence-electron chi connectivity index (χ2n) is 6.87. The quantitative estimate of drug-likeness (QED) is 0.635. The Balaban J connectivity index is 1.51. The fourth-order valence-electron chi connectivity index (χ4n) is 3.55. The van der Waals surface area contributed by atoms with Gasteiger partial charge in [0.1, 0.15) is 17.1 Å². The van der Waals surface area contributed by atoms with E-state index in [0.717, 1.165) is 42.5 Å². The van der Waals surface area contributed by atoms with Gasteiger partial charge in [0.2, 0.25) is 5.91 Å². The van der Waals surface area contributed by atoms with Crippen LogP contribution in [0, 0.1) is 0 Å². The van der Waals surface area contributed by atoms with Crippen molar-refractivity contribution in [1.82, 2.24) is 9.55 Å². The van der Waals surface area contributed by atoms with E-state index in [2.05, 4.69) is 15.0 Å². The normalized spacial score (nSPS) is 13.9. The molecule has 9 heteroatoms. The lowest BCUT2D eigenvalue weighted by atomic mass is 10.1. The summed E-state index contributed by atoms with van der Waals surface area (Å²) in [5.41, 5.74) is 1.30. The van der Waals surface area contributed by atoms with Crippen LogP contribution in [0.1, 0.15) is 29.7 Å². The highest BCUT2D eigenvalue weighted by atomic mass is 32.1. The van der Waals surface area contributed by atoms with Crippen molar-refractivity contribution >= 4 is 33.1 Å². The minimum Gasteiger partial charge on any atom is -0.435 e. The van der Waals surface area contributed by atoms with Crippen LogP contribution in [0.4, 0.5) is 14.5 Å². The van der Waals surface area contributed by atoms with Gasteiger partial charge in [-0.15, -0.1) is 11.3 Å². The van der Waals surface area contributed by atoms with Gasteiger partial charge < -0.3 is 10.1 Å². The lowest BCUT2D eigenvalue weighted by Crippen LogP contribution is -2.28. The predicted octanol–water partition coefficient (Wildman–Crippen LogP) is 3.97. The highest BCUT2D eigenvalue weighted by Crippen LogP contribution is 2.32.